The molecule has 2 rings (SSSR count). The Balaban J connectivity index is 2.16. The normalized spacial score (nSPS) is 25.3. The van der Waals surface area contributed by atoms with Gasteiger partial charge in [0, 0.05) is 36.6 Å². The van der Waals surface area contributed by atoms with Crippen LogP contribution in [0.3, 0.4) is 0 Å². The van der Waals surface area contributed by atoms with Gasteiger partial charge in [0.05, 0.1) is 0 Å². The van der Waals surface area contributed by atoms with Gasteiger partial charge in [-0.05, 0) is 39.6 Å². The van der Waals surface area contributed by atoms with Crippen molar-refractivity contribution in [2.75, 3.05) is 26.7 Å². The number of rotatable bonds is 5. The molecule has 0 aromatic carbocycles. The molecule has 1 aliphatic heterocycles. The maximum Gasteiger partial charge on any atom is 0.252 e. The maximum absolute atomic E-state index is 12.8. The third kappa shape index (κ3) is 3.65. The van der Waals surface area contributed by atoms with Crippen LogP contribution < -0.4 is 5.32 Å². The highest BCUT2D eigenvalue weighted by Crippen LogP contribution is 2.27. The number of piperazine rings is 1. The van der Waals surface area contributed by atoms with Crippen LogP contribution in [-0.2, 0) is 16.6 Å². The first-order valence-electron chi connectivity index (χ1n) is 7.37. The maximum atomic E-state index is 12.8. The molecule has 0 aliphatic carbocycles. The fourth-order valence-corrected chi connectivity index (χ4v) is 5.60. The van der Waals surface area contributed by atoms with E-state index in [0.717, 1.165) is 18.0 Å². The Kier molecular flexibility index (Phi) is 5.43. The van der Waals surface area contributed by atoms with Crippen LogP contribution in [0.1, 0.15) is 25.6 Å². The highest BCUT2D eigenvalue weighted by Gasteiger charge is 2.35. The number of hydrogen-bond acceptors (Lipinski definition) is 5. The van der Waals surface area contributed by atoms with Crippen LogP contribution in [0.5, 0.6) is 0 Å². The zero-order valence-electron chi connectivity index (χ0n) is 13.2. The molecule has 1 N–H and O–H groups in total. The van der Waals surface area contributed by atoms with Gasteiger partial charge < -0.3 is 5.32 Å². The van der Waals surface area contributed by atoms with Crippen LogP contribution >= 0.6 is 11.3 Å². The second kappa shape index (κ2) is 6.75. The van der Waals surface area contributed by atoms with Crippen molar-refractivity contribution in [3.05, 3.63) is 17.0 Å². The lowest BCUT2D eigenvalue weighted by molar-refractivity contribution is 0.105. The van der Waals surface area contributed by atoms with Gasteiger partial charge in [-0.25, -0.2) is 8.42 Å². The van der Waals surface area contributed by atoms with Gasteiger partial charge >= 0.3 is 0 Å². The van der Waals surface area contributed by atoms with E-state index in [2.05, 4.69) is 31.1 Å². The molecule has 1 saturated heterocycles. The summed E-state index contributed by atoms with van der Waals surface area (Å²) in [5.41, 5.74) is 0. The van der Waals surface area contributed by atoms with Gasteiger partial charge in [0.25, 0.3) is 10.0 Å². The van der Waals surface area contributed by atoms with Crippen LogP contribution in [-0.4, -0.2) is 56.4 Å². The van der Waals surface area contributed by atoms with Crippen molar-refractivity contribution >= 4 is 21.4 Å². The summed E-state index contributed by atoms with van der Waals surface area (Å²) >= 11 is 1.37. The first-order chi connectivity index (χ1) is 9.86. The van der Waals surface area contributed by atoms with Gasteiger partial charge in [0.15, 0.2) is 0 Å². The summed E-state index contributed by atoms with van der Waals surface area (Å²) in [4.78, 5) is 3.29. The minimum Gasteiger partial charge on any atom is -0.312 e. The molecule has 0 saturated carbocycles. The standard InChI is InChI=1S/C14H25N3O2S2/c1-5-15-8-13-6-7-14(20-13)21(18,19)17-9-11(2)16(4)12(3)10-17/h6-7,11-12,15H,5,8-10H2,1-4H3. The Hall–Kier alpha value is -0.470. The topological polar surface area (TPSA) is 52.7 Å². The van der Waals surface area contributed by atoms with E-state index in [9.17, 15) is 8.42 Å². The molecule has 0 spiro atoms. The first kappa shape index (κ1) is 16.9. The molecule has 2 atom stereocenters. The summed E-state index contributed by atoms with van der Waals surface area (Å²) in [5, 5.41) is 3.22. The van der Waals surface area contributed by atoms with Crippen LogP contribution in [0.15, 0.2) is 16.3 Å². The molecule has 1 aromatic heterocycles. The van der Waals surface area contributed by atoms with Crippen molar-refractivity contribution in [3.63, 3.8) is 0 Å². The van der Waals surface area contributed by atoms with Crippen molar-refractivity contribution in [2.24, 2.45) is 0 Å². The number of likely N-dealkylation sites (N-methyl/N-ethyl adjacent to an activating group) is 1. The number of nitrogens with one attached hydrogen (secondary N) is 1. The molecule has 0 radical (unpaired) electrons. The highest BCUT2D eigenvalue weighted by atomic mass is 32.2. The average molecular weight is 332 g/mol. The molecule has 5 nitrogen and oxygen atoms in total. The summed E-state index contributed by atoms with van der Waals surface area (Å²) in [7, 11) is -1.30. The summed E-state index contributed by atoms with van der Waals surface area (Å²) in [5.74, 6) is 0. The molecule has 21 heavy (non-hydrogen) atoms. The van der Waals surface area contributed by atoms with E-state index in [1.165, 1.54) is 11.3 Å². The van der Waals surface area contributed by atoms with Crippen LogP contribution in [0.25, 0.3) is 0 Å². The van der Waals surface area contributed by atoms with Crippen molar-refractivity contribution < 1.29 is 8.42 Å². The number of sulfonamides is 1. The van der Waals surface area contributed by atoms with Gasteiger partial charge in [0.1, 0.15) is 4.21 Å². The fourth-order valence-electron chi connectivity index (χ4n) is 2.52. The second-order valence-electron chi connectivity index (χ2n) is 5.69. The van der Waals surface area contributed by atoms with Crippen LogP contribution in [0.4, 0.5) is 0 Å². The molecular weight excluding hydrogens is 306 g/mol. The first-order valence-corrected chi connectivity index (χ1v) is 9.63. The van der Waals surface area contributed by atoms with Crippen molar-refractivity contribution in [3.8, 4) is 0 Å². The van der Waals surface area contributed by atoms with E-state index in [1.807, 2.05) is 13.0 Å². The zero-order chi connectivity index (χ0) is 15.6. The van der Waals surface area contributed by atoms with Gasteiger partial charge in [0.2, 0.25) is 0 Å². The lowest BCUT2D eigenvalue weighted by Crippen LogP contribution is -2.56. The van der Waals surface area contributed by atoms with Gasteiger partial charge in [-0.3, -0.25) is 4.90 Å². The Morgan fingerprint density at radius 1 is 1.29 bits per heavy atom. The predicted octanol–water partition coefficient (Wildman–Crippen LogP) is 1.57. The van der Waals surface area contributed by atoms with E-state index in [4.69, 9.17) is 0 Å². The largest absolute Gasteiger partial charge is 0.312 e. The third-order valence-electron chi connectivity index (χ3n) is 4.11. The van der Waals surface area contributed by atoms with E-state index in [-0.39, 0.29) is 12.1 Å². The van der Waals surface area contributed by atoms with E-state index < -0.39 is 10.0 Å². The monoisotopic (exact) mass is 331 g/mol. The smallest absolute Gasteiger partial charge is 0.252 e. The van der Waals surface area contributed by atoms with E-state index in [0.29, 0.717) is 17.3 Å². The lowest BCUT2D eigenvalue weighted by atomic mass is 10.1. The van der Waals surface area contributed by atoms with Gasteiger partial charge in [-0.2, -0.15) is 4.31 Å². The SMILES string of the molecule is CCNCc1ccc(S(=O)(=O)N2CC(C)N(C)C(C)C2)s1. The quantitative estimate of drug-likeness (QED) is 0.890. The Morgan fingerprint density at radius 3 is 2.48 bits per heavy atom. The molecule has 1 fully saturated rings. The Morgan fingerprint density at radius 2 is 1.90 bits per heavy atom. The zero-order valence-corrected chi connectivity index (χ0v) is 14.8. The number of hydrogen-bond donors (Lipinski definition) is 1. The minimum atomic E-state index is -3.36. The van der Waals surface area contributed by atoms with E-state index >= 15 is 0 Å². The van der Waals surface area contributed by atoms with Crippen molar-refractivity contribution in [2.45, 2.75) is 43.6 Å². The Bertz CT molecular complexity index is 559. The van der Waals surface area contributed by atoms with Crippen LogP contribution in [0, 0.1) is 0 Å². The predicted molar refractivity (Wildman–Crippen MR) is 87.1 cm³/mol. The van der Waals surface area contributed by atoms with E-state index in [1.54, 1.807) is 10.4 Å². The Labute approximate surface area is 132 Å². The summed E-state index contributed by atoms with van der Waals surface area (Å²) < 4.78 is 27.6. The molecular formula is C14H25N3O2S2. The molecule has 1 aliphatic rings. The summed E-state index contributed by atoms with van der Waals surface area (Å²) in [6, 6.07) is 4.12. The third-order valence-corrected chi connectivity index (χ3v) is 7.49. The fraction of sp³-hybridized carbons (Fsp3) is 0.714. The second-order valence-corrected chi connectivity index (χ2v) is 9.02. The minimum absolute atomic E-state index is 0.240. The highest BCUT2D eigenvalue weighted by molar-refractivity contribution is 7.91. The average Bonchev–Trinajstić information content (AvgIpc) is 2.91. The molecule has 1 aromatic rings. The molecule has 2 unspecified atom stereocenters. The van der Waals surface area contributed by atoms with Gasteiger partial charge in [-0.15, -0.1) is 11.3 Å². The summed E-state index contributed by atoms with van der Waals surface area (Å²) in [6.45, 7) is 8.91. The van der Waals surface area contributed by atoms with Crippen LogP contribution in [0.2, 0.25) is 0 Å². The summed E-state index contributed by atoms with van der Waals surface area (Å²) in [6.07, 6.45) is 0. The van der Waals surface area contributed by atoms with Gasteiger partial charge in [-0.1, -0.05) is 6.92 Å². The molecule has 0 bridgehead atoms. The lowest BCUT2D eigenvalue weighted by Gasteiger charge is -2.41. The number of nitrogens with zero attached hydrogens (tertiary/aromatic N) is 2. The molecule has 2 heterocycles. The molecule has 7 heteroatoms. The van der Waals surface area contributed by atoms with Crippen molar-refractivity contribution in [1.29, 1.82) is 0 Å². The number of thiophene rings is 1. The van der Waals surface area contributed by atoms with Crippen molar-refractivity contribution in [1.82, 2.24) is 14.5 Å². The molecule has 0 amide bonds. The molecule has 120 valence electrons.